The van der Waals surface area contributed by atoms with Crippen molar-refractivity contribution in [2.75, 3.05) is 39.4 Å². The number of hydrogen-bond acceptors (Lipinski definition) is 5. The van der Waals surface area contributed by atoms with E-state index in [9.17, 15) is 13.5 Å². The molecule has 1 aliphatic heterocycles. The topological polar surface area (TPSA) is 78.9 Å². The second kappa shape index (κ2) is 7.03. The summed E-state index contributed by atoms with van der Waals surface area (Å²) >= 11 is 0. The fourth-order valence-electron chi connectivity index (χ4n) is 2.07. The molecule has 2 rings (SSSR count). The molecule has 1 fully saturated rings. The van der Waals surface area contributed by atoms with Gasteiger partial charge in [0.15, 0.2) is 0 Å². The summed E-state index contributed by atoms with van der Waals surface area (Å²) < 4.78 is 31.8. The van der Waals surface area contributed by atoms with Crippen LogP contribution in [0, 0.1) is 0 Å². The molecule has 7 heteroatoms. The molecule has 0 aliphatic carbocycles. The number of ether oxygens (including phenoxy) is 1. The van der Waals surface area contributed by atoms with Gasteiger partial charge in [0, 0.05) is 19.6 Å². The molecule has 0 atom stereocenters. The van der Waals surface area contributed by atoms with Gasteiger partial charge in [-0.05, 0) is 31.2 Å². The number of nitrogens with one attached hydrogen (secondary N) is 1. The molecule has 20 heavy (non-hydrogen) atoms. The smallest absolute Gasteiger partial charge is 0.240 e. The molecule has 1 heterocycles. The summed E-state index contributed by atoms with van der Waals surface area (Å²) in [6, 6.07) is 5.66. The maximum absolute atomic E-state index is 12.0. The highest BCUT2D eigenvalue weighted by molar-refractivity contribution is 7.89. The van der Waals surface area contributed by atoms with Crippen LogP contribution in [0.4, 0.5) is 0 Å². The van der Waals surface area contributed by atoms with Crippen LogP contribution in [-0.4, -0.2) is 57.8 Å². The van der Waals surface area contributed by atoms with E-state index < -0.39 is 10.0 Å². The van der Waals surface area contributed by atoms with E-state index in [4.69, 9.17) is 4.74 Å². The van der Waals surface area contributed by atoms with Crippen LogP contribution < -0.4 is 4.72 Å². The first-order chi connectivity index (χ1) is 9.58. The molecule has 0 radical (unpaired) electrons. The summed E-state index contributed by atoms with van der Waals surface area (Å²) in [6.07, 6.45) is 0.748. The Balaban J connectivity index is 1.78. The number of aromatic hydroxyl groups is 1. The molecular formula is C13H20N2O4S. The number of phenolic OH excluding ortho intramolecular Hbond substituents is 1. The van der Waals surface area contributed by atoms with Gasteiger partial charge in [-0.2, -0.15) is 0 Å². The molecule has 0 aromatic heterocycles. The van der Waals surface area contributed by atoms with Crippen molar-refractivity contribution in [1.29, 1.82) is 0 Å². The predicted molar refractivity (Wildman–Crippen MR) is 75.2 cm³/mol. The molecule has 2 N–H and O–H groups in total. The van der Waals surface area contributed by atoms with Gasteiger partial charge in [-0.3, -0.25) is 4.90 Å². The SMILES string of the molecule is O=S(=O)(NCCCN1CCOCC1)c1cccc(O)c1. The number of rotatable bonds is 6. The zero-order valence-corrected chi connectivity index (χ0v) is 12.1. The third-order valence-electron chi connectivity index (χ3n) is 3.17. The summed E-state index contributed by atoms with van der Waals surface area (Å²) in [4.78, 5) is 2.34. The van der Waals surface area contributed by atoms with E-state index in [2.05, 4.69) is 9.62 Å². The van der Waals surface area contributed by atoms with Gasteiger partial charge in [0.1, 0.15) is 5.75 Å². The van der Waals surface area contributed by atoms with Crippen LogP contribution in [-0.2, 0) is 14.8 Å². The molecule has 0 saturated carbocycles. The van der Waals surface area contributed by atoms with Gasteiger partial charge in [0.2, 0.25) is 10.0 Å². The summed E-state index contributed by atoms with van der Waals surface area (Å²) in [5.74, 6) is -0.0545. The average Bonchev–Trinajstić information content (AvgIpc) is 2.45. The Labute approximate surface area is 119 Å². The second-order valence-corrected chi connectivity index (χ2v) is 6.47. The first kappa shape index (κ1) is 15.2. The summed E-state index contributed by atoms with van der Waals surface area (Å²) in [5.41, 5.74) is 0. The molecule has 1 aromatic carbocycles. The number of hydrogen-bond donors (Lipinski definition) is 2. The Morgan fingerprint density at radius 3 is 2.75 bits per heavy atom. The predicted octanol–water partition coefficient (Wildman–Crippen LogP) is 0.393. The number of nitrogens with zero attached hydrogens (tertiary/aromatic N) is 1. The third kappa shape index (κ3) is 4.45. The largest absolute Gasteiger partial charge is 0.508 e. The first-order valence-electron chi connectivity index (χ1n) is 6.67. The molecule has 1 saturated heterocycles. The van der Waals surface area contributed by atoms with Gasteiger partial charge >= 0.3 is 0 Å². The van der Waals surface area contributed by atoms with Gasteiger partial charge in [0.05, 0.1) is 18.1 Å². The van der Waals surface area contributed by atoms with Crippen LogP contribution in [0.3, 0.4) is 0 Å². The van der Waals surface area contributed by atoms with Crippen LogP contribution in [0.1, 0.15) is 6.42 Å². The lowest BCUT2D eigenvalue weighted by Crippen LogP contribution is -2.38. The summed E-state index contributed by atoms with van der Waals surface area (Å²) in [5, 5.41) is 9.31. The molecule has 6 nitrogen and oxygen atoms in total. The van der Waals surface area contributed by atoms with E-state index in [1.807, 2.05) is 0 Å². The molecule has 0 spiro atoms. The first-order valence-corrected chi connectivity index (χ1v) is 8.15. The monoisotopic (exact) mass is 300 g/mol. The number of benzene rings is 1. The minimum absolute atomic E-state index is 0.0545. The second-order valence-electron chi connectivity index (χ2n) is 4.70. The van der Waals surface area contributed by atoms with Crippen LogP contribution in [0.2, 0.25) is 0 Å². The summed E-state index contributed by atoms with van der Waals surface area (Å²) in [6.45, 7) is 4.53. The lowest BCUT2D eigenvalue weighted by molar-refractivity contribution is 0.0376. The van der Waals surface area contributed by atoms with Gasteiger partial charge < -0.3 is 9.84 Å². The molecule has 0 unspecified atom stereocenters. The Morgan fingerprint density at radius 1 is 1.30 bits per heavy atom. The highest BCUT2D eigenvalue weighted by atomic mass is 32.2. The van der Waals surface area contributed by atoms with Crippen molar-refractivity contribution in [3.8, 4) is 5.75 Å². The Bertz CT molecular complexity index is 527. The normalized spacial score (nSPS) is 17.2. The molecule has 1 aromatic rings. The van der Waals surface area contributed by atoms with Crippen molar-refractivity contribution in [3.63, 3.8) is 0 Å². The lowest BCUT2D eigenvalue weighted by atomic mass is 10.3. The van der Waals surface area contributed by atoms with Crippen molar-refractivity contribution in [3.05, 3.63) is 24.3 Å². The van der Waals surface area contributed by atoms with E-state index in [1.54, 1.807) is 0 Å². The minimum Gasteiger partial charge on any atom is -0.508 e. The zero-order chi connectivity index (χ0) is 14.4. The molecule has 0 bridgehead atoms. The number of morpholine rings is 1. The summed E-state index contributed by atoms with van der Waals surface area (Å²) in [7, 11) is -3.54. The van der Waals surface area contributed by atoms with Crippen LogP contribution in [0.5, 0.6) is 5.75 Å². The van der Waals surface area contributed by atoms with Gasteiger partial charge in [-0.15, -0.1) is 0 Å². The van der Waals surface area contributed by atoms with Crippen molar-refractivity contribution >= 4 is 10.0 Å². The van der Waals surface area contributed by atoms with Crippen LogP contribution in [0.25, 0.3) is 0 Å². The molecule has 1 aliphatic rings. The molecule has 0 amide bonds. The van der Waals surface area contributed by atoms with Crippen molar-refractivity contribution < 1.29 is 18.3 Å². The quantitative estimate of drug-likeness (QED) is 0.743. The highest BCUT2D eigenvalue weighted by Crippen LogP contribution is 2.15. The van der Waals surface area contributed by atoms with Crippen LogP contribution >= 0.6 is 0 Å². The van der Waals surface area contributed by atoms with Gasteiger partial charge in [0.25, 0.3) is 0 Å². The maximum atomic E-state index is 12.0. The fraction of sp³-hybridized carbons (Fsp3) is 0.538. The van der Waals surface area contributed by atoms with E-state index in [0.717, 1.165) is 39.3 Å². The van der Waals surface area contributed by atoms with Crippen molar-refractivity contribution in [1.82, 2.24) is 9.62 Å². The zero-order valence-electron chi connectivity index (χ0n) is 11.3. The fourth-order valence-corrected chi connectivity index (χ4v) is 3.18. The standard InChI is InChI=1S/C13H20N2O4S/c16-12-3-1-4-13(11-12)20(17,18)14-5-2-6-15-7-9-19-10-8-15/h1,3-4,11,14,16H,2,5-10H2. The highest BCUT2D eigenvalue weighted by Gasteiger charge is 2.14. The molecule has 112 valence electrons. The molecular weight excluding hydrogens is 280 g/mol. The van der Waals surface area contributed by atoms with E-state index in [1.165, 1.54) is 24.3 Å². The van der Waals surface area contributed by atoms with Gasteiger partial charge in [-0.25, -0.2) is 13.1 Å². The third-order valence-corrected chi connectivity index (χ3v) is 4.63. The van der Waals surface area contributed by atoms with Crippen molar-refractivity contribution in [2.45, 2.75) is 11.3 Å². The van der Waals surface area contributed by atoms with E-state index >= 15 is 0 Å². The minimum atomic E-state index is -3.54. The Kier molecular flexibility index (Phi) is 5.36. The maximum Gasteiger partial charge on any atom is 0.240 e. The van der Waals surface area contributed by atoms with Crippen LogP contribution in [0.15, 0.2) is 29.2 Å². The van der Waals surface area contributed by atoms with Crippen molar-refractivity contribution in [2.24, 2.45) is 0 Å². The Hall–Kier alpha value is -1.15. The van der Waals surface area contributed by atoms with E-state index in [-0.39, 0.29) is 10.6 Å². The Morgan fingerprint density at radius 2 is 2.05 bits per heavy atom. The van der Waals surface area contributed by atoms with Gasteiger partial charge in [-0.1, -0.05) is 6.07 Å². The van der Waals surface area contributed by atoms with E-state index in [0.29, 0.717) is 6.54 Å². The number of phenols is 1. The lowest BCUT2D eigenvalue weighted by Gasteiger charge is -2.26. The average molecular weight is 300 g/mol. The number of sulfonamides is 1.